The van der Waals surface area contributed by atoms with Crippen LogP contribution in [0.5, 0.6) is 0 Å². The van der Waals surface area contributed by atoms with Crippen LogP contribution in [0.3, 0.4) is 0 Å². The highest BCUT2D eigenvalue weighted by Gasteiger charge is 2.33. The number of hydrogen-bond donors (Lipinski definition) is 0. The summed E-state index contributed by atoms with van der Waals surface area (Å²) >= 11 is 0. The van der Waals surface area contributed by atoms with Crippen molar-refractivity contribution >= 4 is 5.97 Å². The Kier molecular flexibility index (Phi) is 7.91. The molecule has 2 aliphatic rings. The average Bonchev–Trinajstić information content (AvgIpc) is 2.61. The molecule has 3 heteroatoms. The van der Waals surface area contributed by atoms with Gasteiger partial charge in [-0.2, -0.15) is 0 Å². The molecule has 3 nitrogen and oxygen atoms in total. The van der Waals surface area contributed by atoms with Gasteiger partial charge in [0.2, 0.25) is 0 Å². The first-order valence-corrected chi connectivity index (χ1v) is 10.7. The van der Waals surface area contributed by atoms with Crippen LogP contribution >= 0.6 is 0 Å². The predicted octanol–water partition coefficient (Wildman–Crippen LogP) is 5.54. The number of piperidine rings is 1. The van der Waals surface area contributed by atoms with Crippen molar-refractivity contribution in [2.24, 2.45) is 17.3 Å². The molecule has 0 aromatic carbocycles. The van der Waals surface area contributed by atoms with E-state index < -0.39 is 0 Å². The lowest BCUT2D eigenvalue weighted by Gasteiger charge is -2.40. The molecule has 1 fully saturated rings. The van der Waals surface area contributed by atoms with Crippen molar-refractivity contribution in [3.8, 4) is 0 Å². The molecule has 152 valence electrons. The first kappa shape index (κ1) is 21.9. The topological polar surface area (TPSA) is 29.5 Å². The molecular formula is C24H39NO2. The normalized spacial score (nSPS) is 22.9. The highest BCUT2D eigenvalue weighted by molar-refractivity contribution is 5.72. The van der Waals surface area contributed by atoms with E-state index in [-0.39, 0.29) is 17.3 Å². The van der Waals surface area contributed by atoms with Crippen molar-refractivity contribution in [1.29, 1.82) is 0 Å². The quantitative estimate of drug-likeness (QED) is 0.434. The molecule has 0 aromatic rings. The summed E-state index contributed by atoms with van der Waals surface area (Å²) in [5, 5.41) is 0. The average molecular weight is 374 g/mol. The summed E-state index contributed by atoms with van der Waals surface area (Å²) in [6, 6.07) is 0.416. The van der Waals surface area contributed by atoms with Crippen molar-refractivity contribution in [3.63, 3.8) is 0 Å². The van der Waals surface area contributed by atoms with E-state index in [1.165, 1.54) is 11.1 Å². The zero-order valence-electron chi connectivity index (χ0n) is 18.3. The monoisotopic (exact) mass is 373 g/mol. The maximum absolute atomic E-state index is 12.1. The minimum absolute atomic E-state index is 0.0114. The highest BCUT2D eigenvalue weighted by atomic mass is 16.5. The van der Waals surface area contributed by atoms with Crippen LogP contribution in [0, 0.1) is 17.3 Å². The van der Waals surface area contributed by atoms with Gasteiger partial charge in [-0.1, -0.05) is 50.6 Å². The van der Waals surface area contributed by atoms with Crippen molar-refractivity contribution in [1.82, 2.24) is 4.90 Å². The Bertz CT molecular complexity index is 588. The number of rotatable bonds is 7. The van der Waals surface area contributed by atoms with Gasteiger partial charge in [0.15, 0.2) is 0 Å². The molecule has 2 unspecified atom stereocenters. The van der Waals surface area contributed by atoms with Crippen LogP contribution in [0.25, 0.3) is 0 Å². The fourth-order valence-corrected chi connectivity index (χ4v) is 4.34. The summed E-state index contributed by atoms with van der Waals surface area (Å²) in [5.41, 5.74) is 2.97. The zero-order valence-corrected chi connectivity index (χ0v) is 18.3. The third-order valence-corrected chi connectivity index (χ3v) is 5.91. The standard InChI is InChI=1S/C24H39NO2/c1-7-27-23(26)20-11-13-25(14-12-20)22(15-18(2)3)17-24(5,6)21-10-8-9-19(4)16-21/h8,10,15-16,19-20,22H,7,9,11-14,17H2,1-6H3. The molecule has 2 rings (SSSR count). The Balaban J connectivity index is 2.07. The highest BCUT2D eigenvalue weighted by Crippen LogP contribution is 2.38. The number of carbonyl (C=O) groups excluding carboxylic acids is 1. The van der Waals surface area contributed by atoms with Crippen LogP contribution in [0.2, 0.25) is 0 Å². The van der Waals surface area contributed by atoms with Crippen molar-refractivity contribution in [2.45, 2.75) is 73.3 Å². The molecule has 1 aliphatic carbocycles. The Morgan fingerprint density at radius 1 is 1.33 bits per heavy atom. The van der Waals surface area contributed by atoms with Gasteiger partial charge in [0.05, 0.1) is 12.5 Å². The van der Waals surface area contributed by atoms with Crippen LogP contribution in [0.15, 0.2) is 35.5 Å². The molecule has 0 aromatic heterocycles. The number of hydrogen-bond acceptors (Lipinski definition) is 3. The molecule has 0 radical (unpaired) electrons. The van der Waals surface area contributed by atoms with Crippen molar-refractivity contribution < 1.29 is 9.53 Å². The number of allylic oxidation sites excluding steroid dienone is 5. The van der Waals surface area contributed by atoms with Gasteiger partial charge in [0.1, 0.15) is 0 Å². The second-order valence-corrected chi connectivity index (χ2v) is 9.20. The van der Waals surface area contributed by atoms with Gasteiger partial charge in [-0.25, -0.2) is 0 Å². The first-order valence-electron chi connectivity index (χ1n) is 10.7. The van der Waals surface area contributed by atoms with Crippen LogP contribution < -0.4 is 0 Å². The molecule has 0 saturated carbocycles. The van der Waals surface area contributed by atoms with E-state index in [0.717, 1.165) is 38.8 Å². The van der Waals surface area contributed by atoms with Gasteiger partial charge in [-0.15, -0.1) is 0 Å². The van der Waals surface area contributed by atoms with E-state index in [9.17, 15) is 4.79 Å². The van der Waals surface area contributed by atoms with Crippen LogP contribution in [0.4, 0.5) is 0 Å². The Labute approximate surface area is 166 Å². The molecule has 1 heterocycles. The fourth-order valence-electron chi connectivity index (χ4n) is 4.34. The second-order valence-electron chi connectivity index (χ2n) is 9.20. The molecule has 0 N–H and O–H groups in total. The number of nitrogens with zero attached hydrogens (tertiary/aromatic N) is 1. The van der Waals surface area contributed by atoms with Gasteiger partial charge in [0, 0.05) is 6.04 Å². The van der Waals surface area contributed by atoms with Gasteiger partial charge in [-0.05, 0) is 76.5 Å². The van der Waals surface area contributed by atoms with Crippen LogP contribution in [-0.2, 0) is 9.53 Å². The first-order chi connectivity index (χ1) is 12.7. The SMILES string of the molecule is CCOC(=O)C1CCN(C(C=C(C)C)CC(C)(C)C2=CC(C)CC=C2)CC1. The summed E-state index contributed by atoms with van der Waals surface area (Å²) in [6.07, 6.45) is 13.6. The lowest BCUT2D eigenvalue weighted by molar-refractivity contribution is -0.149. The molecular weight excluding hydrogens is 334 g/mol. The van der Waals surface area contributed by atoms with Crippen molar-refractivity contribution in [3.05, 3.63) is 35.5 Å². The van der Waals surface area contributed by atoms with E-state index in [4.69, 9.17) is 4.74 Å². The second kappa shape index (κ2) is 9.73. The van der Waals surface area contributed by atoms with E-state index in [1.54, 1.807) is 0 Å². The third-order valence-electron chi connectivity index (χ3n) is 5.91. The number of likely N-dealkylation sites (tertiary alicyclic amines) is 1. The van der Waals surface area contributed by atoms with E-state index in [1.807, 2.05) is 6.92 Å². The van der Waals surface area contributed by atoms with E-state index in [0.29, 0.717) is 18.6 Å². The third kappa shape index (κ3) is 6.34. The maximum Gasteiger partial charge on any atom is 0.309 e. The molecule has 1 aliphatic heterocycles. The molecule has 0 bridgehead atoms. The molecule has 2 atom stereocenters. The summed E-state index contributed by atoms with van der Waals surface area (Å²) in [4.78, 5) is 14.6. The lowest BCUT2D eigenvalue weighted by atomic mass is 9.75. The molecule has 0 amide bonds. The van der Waals surface area contributed by atoms with Gasteiger partial charge < -0.3 is 4.74 Å². The maximum atomic E-state index is 12.1. The Morgan fingerprint density at radius 3 is 2.56 bits per heavy atom. The number of carbonyl (C=O) groups is 1. The minimum Gasteiger partial charge on any atom is -0.466 e. The van der Waals surface area contributed by atoms with Gasteiger partial charge in [-0.3, -0.25) is 9.69 Å². The number of ether oxygens (including phenoxy) is 1. The minimum atomic E-state index is -0.0114. The fraction of sp³-hybridized carbons (Fsp3) is 0.708. The smallest absolute Gasteiger partial charge is 0.309 e. The molecule has 1 saturated heterocycles. The Hall–Kier alpha value is -1.35. The Morgan fingerprint density at radius 2 is 2.00 bits per heavy atom. The predicted molar refractivity (Wildman–Crippen MR) is 114 cm³/mol. The molecule has 27 heavy (non-hydrogen) atoms. The van der Waals surface area contributed by atoms with E-state index >= 15 is 0 Å². The van der Waals surface area contributed by atoms with Crippen LogP contribution in [0.1, 0.15) is 67.2 Å². The van der Waals surface area contributed by atoms with Crippen LogP contribution in [-0.4, -0.2) is 36.6 Å². The summed E-state index contributed by atoms with van der Waals surface area (Å²) in [6.45, 7) is 15.7. The summed E-state index contributed by atoms with van der Waals surface area (Å²) < 4.78 is 5.23. The van der Waals surface area contributed by atoms with Gasteiger partial charge in [0.25, 0.3) is 0 Å². The van der Waals surface area contributed by atoms with Gasteiger partial charge >= 0.3 is 5.97 Å². The summed E-state index contributed by atoms with van der Waals surface area (Å²) in [7, 11) is 0. The zero-order chi connectivity index (χ0) is 20.0. The van der Waals surface area contributed by atoms with E-state index in [2.05, 4.69) is 63.8 Å². The summed E-state index contributed by atoms with van der Waals surface area (Å²) in [5.74, 6) is 0.695. The lowest BCUT2D eigenvalue weighted by Crippen LogP contribution is -2.44. The number of esters is 1. The molecule has 0 spiro atoms. The largest absolute Gasteiger partial charge is 0.466 e. The van der Waals surface area contributed by atoms with Crippen molar-refractivity contribution in [2.75, 3.05) is 19.7 Å².